The zero-order chi connectivity index (χ0) is 14.8. The van der Waals surface area contributed by atoms with Crippen molar-refractivity contribution in [2.24, 2.45) is 0 Å². The number of nitrogen functional groups attached to an aromatic ring is 1. The van der Waals surface area contributed by atoms with E-state index in [1.165, 1.54) is 0 Å². The first-order chi connectivity index (χ1) is 9.37. The van der Waals surface area contributed by atoms with Crippen molar-refractivity contribution in [3.05, 3.63) is 24.0 Å². The zero-order valence-corrected chi connectivity index (χ0v) is 11.7. The molecule has 0 aliphatic heterocycles. The highest BCUT2D eigenvalue weighted by Crippen LogP contribution is 2.19. The van der Waals surface area contributed by atoms with Crippen LogP contribution in [0.5, 0.6) is 0 Å². The average molecular weight is 300 g/mol. The highest BCUT2D eigenvalue weighted by atomic mass is 32.2. The van der Waals surface area contributed by atoms with Crippen LogP contribution in [0.25, 0.3) is 0 Å². The lowest BCUT2D eigenvalue weighted by atomic mass is 10.2. The minimum Gasteiger partial charge on any atom is -0.399 e. The number of nitrogens with one attached hydrogen (secondary N) is 1. The molecule has 110 valence electrons. The molecule has 1 saturated carbocycles. The Labute approximate surface area is 117 Å². The van der Waals surface area contributed by atoms with E-state index in [9.17, 15) is 17.6 Å². The smallest absolute Gasteiger partial charge is 0.235 e. The van der Waals surface area contributed by atoms with Crippen molar-refractivity contribution in [2.45, 2.75) is 36.6 Å². The van der Waals surface area contributed by atoms with Gasteiger partial charge in [-0.3, -0.25) is 4.79 Å². The normalized spacial score (nSPS) is 16.2. The number of carbonyl (C=O) groups is 1. The molecule has 5 nitrogen and oxygen atoms in total. The molecule has 1 aromatic rings. The van der Waals surface area contributed by atoms with Crippen molar-refractivity contribution in [2.75, 3.05) is 11.5 Å². The van der Waals surface area contributed by atoms with Crippen LogP contribution in [-0.4, -0.2) is 26.1 Å². The number of rotatable bonds is 4. The number of halogens is 1. The van der Waals surface area contributed by atoms with E-state index >= 15 is 0 Å². The van der Waals surface area contributed by atoms with E-state index in [-0.39, 0.29) is 16.6 Å². The third-order valence-electron chi connectivity index (χ3n) is 3.29. The summed E-state index contributed by atoms with van der Waals surface area (Å²) in [7, 11) is -3.88. The molecular formula is C13H17FN2O3S. The number of nitrogens with two attached hydrogens (primary N) is 1. The van der Waals surface area contributed by atoms with Crippen LogP contribution >= 0.6 is 0 Å². The van der Waals surface area contributed by atoms with Gasteiger partial charge in [-0.05, 0) is 31.0 Å². The minimum absolute atomic E-state index is 0.0137. The van der Waals surface area contributed by atoms with Crippen molar-refractivity contribution in [1.82, 2.24) is 5.32 Å². The highest BCUT2D eigenvalue weighted by molar-refractivity contribution is 7.92. The second-order valence-corrected chi connectivity index (χ2v) is 7.02. The number of amides is 1. The molecule has 0 saturated heterocycles. The summed E-state index contributed by atoms with van der Waals surface area (Å²) in [6.07, 6.45) is 3.83. The largest absolute Gasteiger partial charge is 0.399 e. The molecular weight excluding hydrogens is 283 g/mol. The molecule has 0 bridgehead atoms. The van der Waals surface area contributed by atoms with E-state index in [0.29, 0.717) is 0 Å². The summed E-state index contributed by atoms with van der Waals surface area (Å²) < 4.78 is 37.3. The van der Waals surface area contributed by atoms with Gasteiger partial charge in [-0.2, -0.15) is 0 Å². The van der Waals surface area contributed by atoms with Gasteiger partial charge in [-0.15, -0.1) is 0 Å². The van der Waals surface area contributed by atoms with E-state index in [4.69, 9.17) is 5.73 Å². The maximum Gasteiger partial charge on any atom is 0.235 e. The Morgan fingerprint density at radius 2 is 1.95 bits per heavy atom. The van der Waals surface area contributed by atoms with Gasteiger partial charge in [0.25, 0.3) is 0 Å². The van der Waals surface area contributed by atoms with Crippen molar-refractivity contribution in [1.29, 1.82) is 0 Å². The molecule has 0 heterocycles. The molecule has 2 rings (SSSR count). The van der Waals surface area contributed by atoms with Gasteiger partial charge in [-0.25, -0.2) is 12.8 Å². The molecule has 3 N–H and O–H groups in total. The fourth-order valence-corrected chi connectivity index (χ4v) is 3.56. The summed E-state index contributed by atoms with van der Waals surface area (Å²) in [5, 5.41) is 2.69. The van der Waals surface area contributed by atoms with Crippen molar-refractivity contribution in [3.63, 3.8) is 0 Å². The third-order valence-corrected chi connectivity index (χ3v) is 4.89. The quantitative estimate of drug-likeness (QED) is 0.819. The first-order valence-corrected chi connectivity index (χ1v) is 8.10. The van der Waals surface area contributed by atoms with Gasteiger partial charge in [0, 0.05) is 11.7 Å². The Hall–Kier alpha value is -1.63. The average Bonchev–Trinajstić information content (AvgIpc) is 2.79. The fraction of sp³-hybridized carbons (Fsp3) is 0.462. The Balaban J connectivity index is 2.08. The van der Waals surface area contributed by atoms with Gasteiger partial charge in [0.15, 0.2) is 9.84 Å². The Morgan fingerprint density at radius 1 is 1.30 bits per heavy atom. The topological polar surface area (TPSA) is 89.3 Å². The zero-order valence-electron chi connectivity index (χ0n) is 10.9. The van der Waals surface area contributed by atoms with Crippen LogP contribution in [0.2, 0.25) is 0 Å². The lowest BCUT2D eigenvalue weighted by Gasteiger charge is -2.12. The number of sulfone groups is 1. The monoisotopic (exact) mass is 300 g/mol. The van der Waals surface area contributed by atoms with Crippen LogP contribution in [0.1, 0.15) is 25.7 Å². The molecule has 0 radical (unpaired) electrons. The Kier molecular flexibility index (Phi) is 4.27. The minimum atomic E-state index is -3.88. The van der Waals surface area contributed by atoms with Crippen LogP contribution in [0.4, 0.5) is 10.1 Å². The van der Waals surface area contributed by atoms with E-state index in [0.717, 1.165) is 43.9 Å². The first kappa shape index (κ1) is 14.8. The Morgan fingerprint density at radius 3 is 2.55 bits per heavy atom. The van der Waals surface area contributed by atoms with Gasteiger partial charge >= 0.3 is 0 Å². The lowest BCUT2D eigenvalue weighted by molar-refractivity contribution is -0.119. The van der Waals surface area contributed by atoms with E-state index in [1.54, 1.807) is 0 Å². The molecule has 0 atom stereocenters. The molecule has 1 fully saturated rings. The molecule has 1 aliphatic carbocycles. The summed E-state index contributed by atoms with van der Waals surface area (Å²) >= 11 is 0. The summed E-state index contributed by atoms with van der Waals surface area (Å²) in [4.78, 5) is 11.5. The molecule has 20 heavy (non-hydrogen) atoms. The second-order valence-electron chi connectivity index (χ2n) is 5.03. The van der Waals surface area contributed by atoms with Crippen LogP contribution < -0.4 is 11.1 Å². The summed E-state index contributed by atoms with van der Waals surface area (Å²) in [5.74, 6) is -1.98. The van der Waals surface area contributed by atoms with Gasteiger partial charge in [0.05, 0.1) is 4.90 Å². The molecule has 1 amide bonds. The van der Waals surface area contributed by atoms with E-state index < -0.39 is 27.3 Å². The van der Waals surface area contributed by atoms with Crippen LogP contribution in [0, 0.1) is 5.82 Å². The maximum absolute atomic E-state index is 13.2. The maximum atomic E-state index is 13.2. The van der Waals surface area contributed by atoms with Gasteiger partial charge in [0.2, 0.25) is 5.91 Å². The number of carbonyl (C=O) groups excluding carboxylic acids is 1. The number of hydrogen-bond acceptors (Lipinski definition) is 4. The van der Waals surface area contributed by atoms with E-state index in [2.05, 4.69) is 5.32 Å². The van der Waals surface area contributed by atoms with Crippen LogP contribution in [0.3, 0.4) is 0 Å². The molecule has 1 aromatic carbocycles. The van der Waals surface area contributed by atoms with Gasteiger partial charge in [0.1, 0.15) is 11.6 Å². The SMILES string of the molecule is Nc1cc(F)cc(S(=O)(=O)CC(=O)NC2CCCC2)c1. The van der Waals surface area contributed by atoms with Crippen molar-refractivity contribution >= 4 is 21.4 Å². The molecule has 0 spiro atoms. The summed E-state index contributed by atoms with van der Waals surface area (Å²) in [6, 6.07) is 3.10. The third kappa shape index (κ3) is 3.69. The number of benzene rings is 1. The predicted octanol–water partition coefficient (Wildman–Crippen LogP) is 1.24. The lowest BCUT2D eigenvalue weighted by Crippen LogP contribution is -2.36. The predicted molar refractivity (Wildman–Crippen MR) is 73.3 cm³/mol. The highest BCUT2D eigenvalue weighted by Gasteiger charge is 2.23. The van der Waals surface area contributed by atoms with Crippen LogP contribution in [-0.2, 0) is 14.6 Å². The standard InChI is InChI=1S/C13H17FN2O3S/c14-9-5-10(15)7-12(6-9)20(18,19)8-13(17)16-11-3-1-2-4-11/h5-7,11H,1-4,8,15H2,(H,16,17). The molecule has 7 heteroatoms. The molecule has 0 aromatic heterocycles. The van der Waals surface area contributed by atoms with Crippen molar-refractivity contribution in [3.8, 4) is 0 Å². The van der Waals surface area contributed by atoms with Gasteiger partial charge < -0.3 is 11.1 Å². The molecule has 0 unspecified atom stereocenters. The van der Waals surface area contributed by atoms with E-state index in [1.807, 2.05) is 0 Å². The number of anilines is 1. The summed E-state index contributed by atoms with van der Waals surface area (Å²) in [6.45, 7) is 0. The summed E-state index contributed by atoms with van der Waals surface area (Å²) in [5.41, 5.74) is 5.43. The number of hydrogen-bond donors (Lipinski definition) is 2. The first-order valence-electron chi connectivity index (χ1n) is 6.45. The van der Waals surface area contributed by atoms with Gasteiger partial charge in [-0.1, -0.05) is 12.8 Å². The van der Waals surface area contributed by atoms with Crippen LogP contribution in [0.15, 0.2) is 23.1 Å². The Bertz CT molecular complexity index is 590. The van der Waals surface area contributed by atoms with Crippen molar-refractivity contribution < 1.29 is 17.6 Å². The second kappa shape index (κ2) is 5.78. The fourth-order valence-electron chi connectivity index (χ4n) is 2.36. The molecule has 1 aliphatic rings.